The minimum atomic E-state index is -1.78. The molecule has 1 amide bonds. The molecular weight excluding hydrogens is 430 g/mol. The SMILES string of the molecule is C=C1[C@@H](C)[C@H]2[C@H](Cc3ccccc3)NC(=O)[C@]23[C@H](O)/C=C/[C@@](C)(O)C(=O)[C@@H](C)C/C=C/[C@H]3[C@@H]1O. The highest BCUT2D eigenvalue weighted by molar-refractivity contribution is 5.91. The van der Waals surface area contributed by atoms with E-state index < -0.39 is 35.1 Å². The lowest BCUT2D eigenvalue weighted by molar-refractivity contribution is -0.147. The third kappa shape index (κ3) is 3.78. The summed E-state index contributed by atoms with van der Waals surface area (Å²) >= 11 is 0. The molecule has 1 aromatic rings. The van der Waals surface area contributed by atoms with Crippen LogP contribution in [-0.2, 0) is 16.0 Å². The minimum absolute atomic E-state index is 0.249. The number of ketones is 1. The lowest BCUT2D eigenvalue weighted by Gasteiger charge is -2.51. The molecule has 2 fully saturated rings. The summed E-state index contributed by atoms with van der Waals surface area (Å²) < 4.78 is 0. The van der Waals surface area contributed by atoms with Gasteiger partial charge in [0.2, 0.25) is 5.91 Å². The van der Waals surface area contributed by atoms with Crippen LogP contribution in [0.4, 0.5) is 0 Å². The highest BCUT2D eigenvalue weighted by Crippen LogP contribution is 2.57. The fraction of sp³-hybridized carbons (Fsp3) is 0.500. The van der Waals surface area contributed by atoms with Gasteiger partial charge >= 0.3 is 0 Å². The van der Waals surface area contributed by atoms with Gasteiger partial charge in [-0.3, -0.25) is 9.59 Å². The van der Waals surface area contributed by atoms with Gasteiger partial charge in [-0.15, -0.1) is 0 Å². The Labute approximate surface area is 201 Å². The first-order valence-corrected chi connectivity index (χ1v) is 12.0. The molecule has 1 aliphatic heterocycles. The number of aliphatic hydroxyl groups excluding tert-OH is 2. The number of amides is 1. The standard InChI is InChI=1S/C28H35NO5/c1-16-9-8-12-20-24(31)18(3)17(2)23-21(15-19-10-6-5-7-11-19)29-26(33)28(20,23)22(30)13-14-27(4,34)25(16)32/h5-8,10-14,16-17,20-24,30-31,34H,3,9,15H2,1-2,4H3,(H,29,33)/b12-8+,14-13+/t16-,17+,20-,21-,22+,23-,24+,27+,28+/m0/s1. The van der Waals surface area contributed by atoms with Gasteiger partial charge in [-0.25, -0.2) is 0 Å². The Morgan fingerprint density at radius 3 is 2.47 bits per heavy atom. The highest BCUT2D eigenvalue weighted by atomic mass is 16.3. The molecule has 1 spiro atoms. The maximum atomic E-state index is 13.8. The molecule has 4 rings (SSSR count). The summed E-state index contributed by atoms with van der Waals surface area (Å²) in [5.74, 6) is -2.50. The van der Waals surface area contributed by atoms with E-state index in [-0.39, 0.29) is 29.6 Å². The van der Waals surface area contributed by atoms with E-state index in [1.807, 2.05) is 37.3 Å². The Kier molecular flexibility index (Phi) is 6.44. The fourth-order valence-corrected chi connectivity index (χ4v) is 6.39. The van der Waals surface area contributed by atoms with E-state index in [0.717, 1.165) is 5.56 Å². The second-order valence-electron chi connectivity index (χ2n) is 10.4. The summed E-state index contributed by atoms with van der Waals surface area (Å²) in [6.07, 6.45) is 4.77. The average molecular weight is 466 g/mol. The second-order valence-corrected chi connectivity index (χ2v) is 10.4. The first-order chi connectivity index (χ1) is 16.0. The van der Waals surface area contributed by atoms with Crippen molar-refractivity contribution in [3.8, 4) is 0 Å². The molecule has 9 atom stereocenters. The van der Waals surface area contributed by atoms with Gasteiger partial charge in [-0.05, 0) is 42.9 Å². The zero-order chi connectivity index (χ0) is 24.8. The fourth-order valence-electron chi connectivity index (χ4n) is 6.39. The van der Waals surface area contributed by atoms with Gasteiger partial charge in [0, 0.05) is 23.8 Å². The van der Waals surface area contributed by atoms with E-state index in [4.69, 9.17) is 0 Å². The number of aliphatic hydroxyl groups is 3. The lowest BCUT2D eigenvalue weighted by atomic mass is 9.51. The Hall–Kier alpha value is -2.54. The zero-order valence-electron chi connectivity index (χ0n) is 20.0. The number of nitrogens with one attached hydrogen (secondary N) is 1. The van der Waals surface area contributed by atoms with Gasteiger partial charge in [0.25, 0.3) is 0 Å². The smallest absolute Gasteiger partial charge is 0.230 e. The topological polar surface area (TPSA) is 107 Å². The predicted molar refractivity (Wildman–Crippen MR) is 129 cm³/mol. The zero-order valence-corrected chi connectivity index (χ0v) is 20.0. The lowest BCUT2D eigenvalue weighted by Crippen LogP contribution is -2.59. The third-order valence-corrected chi connectivity index (χ3v) is 8.26. The van der Waals surface area contributed by atoms with Crippen LogP contribution in [0, 0.1) is 29.1 Å². The number of hydrogen-bond acceptors (Lipinski definition) is 5. The molecule has 0 unspecified atom stereocenters. The maximum absolute atomic E-state index is 13.8. The van der Waals surface area contributed by atoms with Gasteiger partial charge in [0.05, 0.1) is 17.6 Å². The number of hydrogen-bond donors (Lipinski definition) is 4. The van der Waals surface area contributed by atoms with Crippen molar-refractivity contribution in [1.82, 2.24) is 5.32 Å². The average Bonchev–Trinajstić information content (AvgIpc) is 3.09. The molecule has 4 N–H and O–H groups in total. The van der Waals surface area contributed by atoms with Crippen LogP contribution in [0.2, 0.25) is 0 Å². The van der Waals surface area contributed by atoms with Crippen molar-refractivity contribution >= 4 is 11.7 Å². The van der Waals surface area contributed by atoms with Gasteiger partial charge in [-0.2, -0.15) is 0 Å². The van der Waals surface area contributed by atoms with E-state index in [1.165, 1.54) is 19.1 Å². The van der Waals surface area contributed by atoms with Crippen molar-refractivity contribution in [3.05, 3.63) is 72.4 Å². The van der Waals surface area contributed by atoms with Crippen LogP contribution in [0.3, 0.4) is 0 Å². The largest absolute Gasteiger partial charge is 0.388 e. The van der Waals surface area contributed by atoms with E-state index >= 15 is 0 Å². The number of allylic oxidation sites excluding steroid dienone is 1. The van der Waals surface area contributed by atoms with Crippen LogP contribution in [-0.4, -0.2) is 50.9 Å². The van der Waals surface area contributed by atoms with Crippen LogP contribution < -0.4 is 5.32 Å². The summed E-state index contributed by atoms with van der Waals surface area (Å²) in [5.41, 5.74) is -1.46. The summed E-state index contributed by atoms with van der Waals surface area (Å²) in [6.45, 7) is 9.24. The monoisotopic (exact) mass is 465 g/mol. The molecule has 6 heteroatoms. The summed E-state index contributed by atoms with van der Waals surface area (Å²) in [7, 11) is 0. The van der Waals surface area contributed by atoms with Gasteiger partial charge < -0.3 is 20.6 Å². The molecule has 3 aliphatic rings. The second kappa shape index (κ2) is 8.91. The Morgan fingerprint density at radius 2 is 1.79 bits per heavy atom. The van der Waals surface area contributed by atoms with Crippen LogP contribution in [0.5, 0.6) is 0 Å². The van der Waals surface area contributed by atoms with Gasteiger partial charge in [0.1, 0.15) is 5.60 Å². The van der Waals surface area contributed by atoms with Crippen molar-refractivity contribution < 1.29 is 24.9 Å². The van der Waals surface area contributed by atoms with E-state index in [1.54, 1.807) is 19.1 Å². The van der Waals surface area contributed by atoms with Gasteiger partial charge in [0.15, 0.2) is 5.78 Å². The molecule has 182 valence electrons. The summed E-state index contributed by atoms with van der Waals surface area (Å²) in [6, 6.07) is 9.57. The Balaban J connectivity index is 1.87. The molecule has 34 heavy (non-hydrogen) atoms. The normalized spacial score (nSPS) is 44.4. The van der Waals surface area contributed by atoms with Crippen molar-refractivity contribution in [1.29, 1.82) is 0 Å². The molecule has 1 heterocycles. The Bertz CT molecular complexity index is 1030. The molecular formula is C28H35NO5. The van der Waals surface area contributed by atoms with Crippen LogP contribution in [0.1, 0.15) is 32.8 Å². The molecule has 0 radical (unpaired) electrons. The number of benzene rings is 1. The van der Waals surface area contributed by atoms with E-state index in [9.17, 15) is 24.9 Å². The highest BCUT2D eigenvalue weighted by Gasteiger charge is 2.67. The van der Waals surface area contributed by atoms with E-state index in [0.29, 0.717) is 18.4 Å². The first-order valence-electron chi connectivity index (χ1n) is 12.0. The van der Waals surface area contributed by atoms with Gasteiger partial charge in [-0.1, -0.05) is 69.0 Å². The van der Waals surface area contributed by atoms with E-state index in [2.05, 4.69) is 11.9 Å². The number of Topliss-reactive ketones (excluding diaryl/α,β-unsaturated/α-hetero) is 1. The molecule has 1 saturated carbocycles. The number of carbonyl (C=O) groups is 2. The molecule has 6 nitrogen and oxygen atoms in total. The quantitative estimate of drug-likeness (QED) is 0.502. The van der Waals surface area contributed by atoms with Crippen molar-refractivity contribution in [2.24, 2.45) is 29.1 Å². The van der Waals surface area contributed by atoms with Crippen molar-refractivity contribution in [3.63, 3.8) is 0 Å². The summed E-state index contributed by atoms with van der Waals surface area (Å²) in [5, 5.41) is 36.8. The van der Waals surface area contributed by atoms with Crippen molar-refractivity contribution in [2.45, 2.75) is 57.5 Å². The molecule has 1 saturated heterocycles. The number of carbonyl (C=O) groups excluding carboxylic acids is 2. The predicted octanol–water partition coefficient (Wildman–Crippen LogP) is 2.35. The first kappa shape index (κ1) is 24.6. The molecule has 1 aromatic carbocycles. The third-order valence-electron chi connectivity index (χ3n) is 8.26. The maximum Gasteiger partial charge on any atom is 0.230 e. The molecule has 0 aromatic heterocycles. The summed E-state index contributed by atoms with van der Waals surface area (Å²) in [4.78, 5) is 26.6. The molecule has 0 bridgehead atoms. The van der Waals surface area contributed by atoms with Crippen LogP contribution in [0.25, 0.3) is 0 Å². The Morgan fingerprint density at radius 1 is 1.12 bits per heavy atom. The van der Waals surface area contributed by atoms with Crippen LogP contribution in [0.15, 0.2) is 66.8 Å². The minimum Gasteiger partial charge on any atom is -0.388 e. The van der Waals surface area contributed by atoms with Crippen molar-refractivity contribution in [2.75, 3.05) is 0 Å². The number of rotatable bonds is 2. The molecule has 2 aliphatic carbocycles. The van der Waals surface area contributed by atoms with Crippen LogP contribution >= 0.6 is 0 Å².